The van der Waals surface area contributed by atoms with Crippen LogP contribution in [0.3, 0.4) is 0 Å². The summed E-state index contributed by atoms with van der Waals surface area (Å²) in [6, 6.07) is 24.8. The number of para-hydroxylation sites is 1. The Morgan fingerprint density at radius 1 is 1.03 bits per heavy atom. The van der Waals surface area contributed by atoms with E-state index in [-0.39, 0.29) is 18.0 Å². The maximum Gasteiger partial charge on any atom is 0.359 e. The second kappa shape index (κ2) is 11.6. The Morgan fingerprint density at radius 2 is 1.63 bits per heavy atom. The van der Waals surface area contributed by atoms with E-state index in [4.69, 9.17) is 4.74 Å². The van der Waals surface area contributed by atoms with E-state index in [0.717, 1.165) is 28.2 Å². The van der Waals surface area contributed by atoms with Gasteiger partial charge in [0.05, 0.1) is 6.42 Å². The number of benzene rings is 3. The summed E-state index contributed by atoms with van der Waals surface area (Å²) in [4.78, 5) is 26.6. The van der Waals surface area contributed by atoms with Crippen LogP contribution in [0.2, 0.25) is 0 Å². The van der Waals surface area contributed by atoms with Gasteiger partial charge in [-0.25, -0.2) is 9.59 Å². The number of carbonyl (C=O) groups excluding carboxylic acids is 2. The molecule has 0 spiro atoms. The van der Waals surface area contributed by atoms with Crippen LogP contribution in [0.25, 0.3) is 0 Å². The first kappa shape index (κ1) is 27.7. The summed E-state index contributed by atoms with van der Waals surface area (Å²) in [6.07, 6.45) is 0.654. The molecule has 3 amide bonds. The number of quaternary nitrogens is 1. The van der Waals surface area contributed by atoms with E-state index in [1.54, 1.807) is 4.90 Å². The topological polar surface area (TPSA) is 102 Å². The summed E-state index contributed by atoms with van der Waals surface area (Å²) in [5.41, 5.74) is 2.42. The molecule has 2 atom stereocenters. The van der Waals surface area contributed by atoms with Gasteiger partial charge >= 0.3 is 11.9 Å². The third-order valence-electron chi connectivity index (χ3n) is 6.01. The van der Waals surface area contributed by atoms with E-state index in [2.05, 4.69) is 5.32 Å². The lowest BCUT2D eigenvalue weighted by Crippen LogP contribution is -2.48. The van der Waals surface area contributed by atoms with Gasteiger partial charge in [0.2, 0.25) is 0 Å². The molecule has 9 heteroatoms. The van der Waals surface area contributed by atoms with Crippen molar-refractivity contribution in [1.82, 2.24) is 10.2 Å². The van der Waals surface area contributed by atoms with Crippen LogP contribution in [0, 0.1) is 5.21 Å². The van der Waals surface area contributed by atoms with Crippen LogP contribution in [-0.2, 0) is 17.8 Å². The quantitative estimate of drug-likeness (QED) is 0.151. The molecule has 2 N–H and O–H groups in total. The smallest absolute Gasteiger partial charge is 0.359 e. The number of amides is 3. The number of nitrogens with one attached hydrogen (secondary N) is 1. The molecule has 0 aromatic heterocycles. The lowest BCUT2D eigenvalue weighted by atomic mass is 10.1. The van der Waals surface area contributed by atoms with Crippen molar-refractivity contribution >= 4 is 23.9 Å². The maximum atomic E-state index is 13.1. The monoisotopic (exact) mass is 535 g/mol. The van der Waals surface area contributed by atoms with Crippen LogP contribution >= 0.6 is 11.9 Å². The number of hydrogen-bond donors (Lipinski definition) is 2. The molecular weight excluding hydrogens is 502 g/mol. The highest BCUT2D eigenvalue weighted by molar-refractivity contribution is 7.94. The minimum absolute atomic E-state index is 0.0146. The van der Waals surface area contributed by atoms with Gasteiger partial charge in [0.15, 0.2) is 0 Å². The van der Waals surface area contributed by atoms with E-state index in [1.165, 1.54) is 0 Å². The van der Waals surface area contributed by atoms with E-state index in [9.17, 15) is 20.0 Å². The van der Waals surface area contributed by atoms with E-state index in [1.807, 2.05) is 99.6 Å². The molecular formula is C29H33N3O5S. The number of hydroxylamine groups is 2. The second-order valence-electron chi connectivity index (χ2n) is 10.4. The number of nitrogens with zero attached hydrogens (tertiary/aromatic N) is 2. The Morgan fingerprint density at radius 3 is 2.21 bits per heavy atom. The summed E-state index contributed by atoms with van der Waals surface area (Å²) < 4.78 is 3.97. The molecule has 3 aromatic rings. The summed E-state index contributed by atoms with van der Waals surface area (Å²) in [7, 11) is 0. The number of ether oxygens (including phenoxy) is 1. The normalized spacial score (nSPS) is 19.3. The zero-order valence-electron chi connectivity index (χ0n) is 21.8. The molecule has 0 bridgehead atoms. The molecule has 1 saturated heterocycles. The fourth-order valence-corrected chi connectivity index (χ4v) is 5.08. The highest BCUT2D eigenvalue weighted by Gasteiger charge is 2.43. The average molecular weight is 536 g/mol. The molecule has 0 saturated carbocycles. The molecule has 1 aliphatic heterocycles. The predicted molar refractivity (Wildman–Crippen MR) is 147 cm³/mol. The minimum atomic E-state index is -1.90. The van der Waals surface area contributed by atoms with E-state index in [0.29, 0.717) is 31.5 Å². The molecule has 0 aliphatic carbocycles. The van der Waals surface area contributed by atoms with Crippen molar-refractivity contribution in [2.75, 3.05) is 6.54 Å². The standard InChI is InChI=1S/C29H33N3O5S/c1-29(2,3)30-28(34)31(18-17-21-11-15-25(16-12-21)37-24-7-5-4-6-8-24)20-22-9-13-23(14-10-22)26-19-27(33)32(35,36)38-26/h4-16,26,35H,17-20H2,1-3H3,(H,30,34). The summed E-state index contributed by atoms with van der Waals surface area (Å²) in [5, 5.41) is 24.0. The molecule has 1 aliphatic rings. The van der Waals surface area contributed by atoms with Gasteiger partial charge < -0.3 is 20.2 Å². The maximum absolute atomic E-state index is 13.1. The Balaban J connectivity index is 1.40. The molecule has 2 unspecified atom stereocenters. The zero-order valence-corrected chi connectivity index (χ0v) is 22.6. The van der Waals surface area contributed by atoms with Gasteiger partial charge in [0, 0.05) is 18.6 Å². The minimum Gasteiger partial charge on any atom is -0.579 e. The molecule has 4 rings (SSSR count). The van der Waals surface area contributed by atoms with Crippen molar-refractivity contribution in [3.8, 4) is 11.5 Å². The fourth-order valence-electron chi connectivity index (χ4n) is 4.04. The van der Waals surface area contributed by atoms with Crippen LogP contribution in [0.4, 0.5) is 4.79 Å². The third kappa shape index (κ3) is 7.58. The first-order valence-corrected chi connectivity index (χ1v) is 13.3. The summed E-state index contributed by atoms with van der Waals surface area (Å²) in [5.74, 6) is 0.768. The lowest BCUT2D eigenvalue weighted by molar-refractivity contribution is -0.880. The fraction of sp³-hybridized carbons (Fsp3) is 0.310. The van der Waals surface area contributed by atoms with E-state index >= 15 is 0 Å². The molecule has 1 heterocycles. The molecule has 38 heavy (non-hydrogen) atoms. The van der Waals surface area contributed by atoms with Crippen molar-refractivity contribution in [2.24, 2.45) is 0 Å². The van der Waals surface area contributed by atoms with Gasteiger partial charge in [-0.3, -0.25) is 0 Å². The second-order valence-corrected chi connectivity index (χ2v) is 11.6. The molecule has 0 radical (unpaired) electrons. The van der Waals surface area contributed by atoms with Gasteiger partial charge in [-0.05, 0) is 68.1 Å². The van der Waals surface area contributed by atoms with Gasteiger partial charge in [-0.1, -0.05) is 58.8 Å². The van der Waals surface area contributed by atoms with Crippen LogP contribution in [-0.4, -0.2) is 38.3 Å². The van der Waals surface area contributed by atoms with Crippen molar-refractivity contribution in [1.29, 1.82) is 0 Å². The van der Waals surface area contributed by atoms with E-state index < -0.39 is 15.4 Å². The van der Waals surface area contributed by atoms with Gasteiger partial charge in [-0.2, -0.15) is 5.21 Å². The molecule has 3 aromatic carbocycles. The Labute approximate surface area is 227 Å². The van der Waals surface area contributed by atoms with Crippen LogP contribution < -0.4 is 10.1 Å². The largest absolute Gasteiger partial charge is 0.579 e. The van der Waals surface area contributed by atoms with Crippen molar-refractivity contribution < 1.29 is 23.7 Å². The van der Waals surface area contributed by atoms with Crippen molar-refractivity contribution in [3.05, 3.63) is 101 Å². The number of rotatable bonds is 8. The zero-order chi connectivity index (χ0) is 27.3. The van der Waals surface area contributed by atoms with Gasteiger partial charge in [0.1, 0.15) is 28.7 Å². The van der Waals surface area contributed by atoms with Crippen LogP contribution in [0.5, 0.6) is 11.5 Å². The van der Waals surface area contributed by atoms with Crippen molar-refractivity contribution in [2.45, 2.75) is 50.9 Å². The van der Waals surface area contributed by atoms with Crippen LogP contribution in [0.15, 0.2) is 78.9 Å². The first-order valence-electron chi connectivity index (χ1n) is 12.5. The van der Waals surface area contributed by atoms with Gasteiger partial charge in [-0.15, -0.1) is 0 Å². The molecule has 8 nitrogen and oxygen atoms in total. The lowest BCUT2D eigenvalue weighted by Gasteiger charge is -2.29. The summed E-state index contributed by atoms with van der Waals surface area (Å²) >= 11 is 0.672. The highest BCUT2D eigenvalue weighted by Crippen LogP contribution is 2.45. The Hall–Kier alpha value is -3.37. The summed E-state index contributed by atoms with van der Waals surface area (Å²) in [6.45, 7) is 6.74. The number of carbonyl (C=O) groups is 2. The SMILES string of the molecule is CC(C)(C)NC(=O)N(CCc1ccc(Oc2ccccc2)cc1)Cc1ccc(C2CC(=O)[N+]([O-])(O)S2)cc1. The predicted octanol–water partition coefficient (Wildman–Crippen LogP) is 6.36. The number of urea groups is 1. The third-order valence-corrected chi connectivity index (χ3v) is 7.19. The van der Waals surface area contributed by atoms with Crippen molar-refractivity contribution in [3.63, 3.8) is 0 Å². The molecule has 200 valence electrons. The van der Waals surface area contributed by atoms with Gasteiger partial charge in [0.25, 0.3) is 0 Å². The Bertz CT molecular complexity index is 1240. The first-order chi connectivity index (χ1) is 18.0. The Kier molecular flexibility index (Phi) is 8.42. The van der Waals surface area contributed by atoms with Crippen LogP contribution in [0.1, 0.15) is 49.1 Å². The number of hydrogen-bond acceptors (Lipinski definition) is 6. The highest BCUT2D eigenvalue weighted by atomic mass is 32.2. The average Bonchev–Trinajstić information content (AvgIpc) is 3.14. The molecule has 1 fully saturated rings.